The van der Waals surface area contributed by atoms with Gasteiger partial charge in [0.2, 0.25) is 11.8 Å². The van der Waals surface area contributed by atoms with Crippen LogP contribution in [0.15, 0.2) is 24.3 Å². The predicted molar refractivity (Wildman–Crippen MR) is 163 cm³/mol. The van der Waals surface area contributed by atoms with Crippen molar-refractivity contribution in [2.24, 2.45) is 34.5 Å². The minimum absolute atomic E-state index is 0.0150. The maximum absolute atomic E-state index is 12.8. The highest BCUT2D eigenvalue weighted by molar-refractivity contribution is 5.80. The molecular weight excluding hydrogens is 468 g/mol. The average Bonchev–Trinajstić information content (AvgIpc) is 2.70. The summed E-state index contributed by atoms with van der Waals surface area (Å²) in [5.74, 6) is 1.06. The van der Waals surface area contributed by atoms with Gasteiger partial charge in [-0.05, 0) is 87.2 Å². The number of amides is 2. The van der Waals surface area contributed by atoms with Crippen molar-refractivity contribution in [3.63, 3.8) is 0 Å². The van der Waals surface area contributed by atoms with Crippen molar-refractivity contribution in [1.82, 2.24) is 10.6 Å². The largest absolute Gasteiger partial charge is 0.351 e. The number of rotatable bonds is 13. The lowest BCUT2D eigenvalue weighted by Gasteiger charge is -2.37. The van der Waals surface area contributed by atoms with Crippen molar-refractivity contribution in [2.75, 3.05) is 0 Å². The van der Waals surface area contributed by atoms with Gasteiger partial charge in [-0.3, -0.25) is 9.59 Å². The van der Waals surface area contributed by atoms with E-state index in [1.807, 2.05) is 13.8 Å². The summed E-state index contributed by atoms with van der Waals surface area (Å²) in [4.78, 5) is 25.4. The summed E-state index contributed by atoms with van der Waals surface area (Å²) in [6, 6.07) is 9.03. The molecule has 1 aromatic carbocycles. The van der Waals surface area contributed by atoms with E-state index < -0.39 is 0 Å². The summed E-state index contributed by atoms with van der Waals surface area (Å²) < 4.78 is 0. The highest BCUT2D eigenvalue weighted by Gasteiger charge is 2.33. The van der Waals surface area contributed by atoms with Crippen molar-refractivity contribution < 1.29 is 9.59 Å². The Kier molecular flexibility index (Phi) is 11.7. The molecule has 0 bridgehead atoms. The molecule has 0 aliphatic carbocycles. The molecule has 1 rings (SSSR count). The minimum atomic E-state index is -0.258. The van der Waals surface area contributed by atoms with Gasteiger partial charge < -0.3 is 10.6 Å². The zero-order valence-electron chi connectivity index (χ0n) is 27.3. The first-order valence-corrected chi connectivity index (χ1v) is 14.8. The van der Waals surface area contributed by atoms with Gasteiger partial charge in [-0.2, -0.15) is 0 Å². The van der Waals surface area contributed by atoms with Crippen LogP contribution in [0.3, 0.4) is 0 Å². The van der Waals surface area contributed by atoms with Gasteiger partial charge in [-0.15, -0.1) is 0 Å². The number of carbonyl (C=O) groups excluding carboxylic acids is 2. The Hall–Kier alpha value is -1.84. The molecule has 0 saturated carbocycles. The SMILES string of the molecule is CC(Cc1ccc(CC(C)(C)CC(C)(C)NC(=O)C(C)C(C)C)cc1)CC(C)(C)NC(=O)C(C)C(C)(C)C. The summed E-state index contributed by atoms with van der Waals surface area (Å²) >= 11 is 0. The summed E-state index contributed by atoms with van der Waals surface area (Å²) in [5, 5.41) is 6.58. The van der Waals surface area contributed by atoms with Crippen LogP contribution >= 0.6 is 0 Å². The maximum Gasteiger partial charge on any atom is 0.223 e. The second kappa shape index (κ2) is 13.0. The van der Waals surface area contributed by atoms with E-state index in [1.165, 1.54) is 11.1 Å². The smallest absolute Gasteiger partial charge is 0.223 e. The van der Waals surface area contributed by atoms with E-state index in [9.17, 15) is 9.59 Å². The third kappa shape index (κ3) is 11.9. The quantitative estimate of drug-likeness (QED) is 0.273. The van der Waals surface area contributed by atoms with E-state index in [2.05, 4.69) is 118 Å². The monoisotopic (exact) mass is 528 g/mol. The van der Waals surface area contributed by atoms with E-state index in [4.69, 9.17) is 0 Å². The Morgan fingerprint density at radius 2 is 1.18 bits per heavy atom. The molecule has 218 valence electrons. The summed E-state index contributed by atoms with van der Waals surface area (Å²) in [6.45, 7) is 30.0. The topological polar surface area (TPSA) is 58.2 Å². The fraction of sp³-hybridized carbons (Fsp3) is 0.765. The number of hydrogen-bond acceptors (Lipinski definition) is 2. The number of benzene rings is 1. The van der Waals surface area contributed by atoms with Gasteiger partial charge in [0, 0.05) is 22.9 Å². The van der Waals surface area contributed by atoms with Gasteiger partial charge in [0.15, 0.2) is 0 Å². The van der Waals surface area contributed by atoms with Crippen molar-refractivity contribution in [2.45, 2.75) is 134 Å². The van der Waals surface area contributed by atoms with Gasteiger partial charge in [-0.1, -0.05) is 93.5 Å². The van der Waals surface area contributed by atoms with E-state index in [-0.39, 0.29) is 45.6 Å². The molecule has 1 aromatic rings. The van der Waals surface area contributed by atoms with Crippen molar-refractivity contribution >= 4 is 11.8 Å². The fourth-order valence-corrected chi connectivity index (χ4v) is 5.63. The molecule has 0 radical (unpaired) electrons. The molecule has 0 spiro atoms. The molecule has 2 amide bonds. The molecule has 0 saturated heterocycles. The fourth-order valence-electron chi connectivity index (χ4n) is 5.63. The van der Waals surface area contributed by atoms with Crippen LogP contribution in [0, 0.1) is 34.5 Å². The molecule has 4 nitrogen and oxygen atoms in total. The first-order valence-electron chi connectivity index (χ1n) is 14.8. The van der Waals surface area contributed by atoms with E-state index >= 15 is 0 Å². The van der Waals surface area contributed by atoms with Crippen molar-refractivity contribution in [3.8, 4) is 0 Å². The summed E-state index contributed by atoms with van der Waals surface area (Å²) in [7, 11) is 0. The van der Waals surface area contributed by atoms with Gasteiger partial charge in [0.1, 0.15) is 0 Å². The van der Waals surface area contributed by atoms with Gasteiger partial charge >= 0.3 is 0 Å². The van der Waals surface area contributed by atoms with Crippen LogP contribution in [0.25, 0.3) is 0 Å². The van der Waals surface area contributed by atoms with Crippen LogP contribution in [0.5, 0.6) is 0 Å². The highest BCUT2D eigenvalue weighted by Crippen LogP contribution is 2.33. The van der Waals surface area contributed by atoms with Crippen LogP contribution < -0.4 is 10.6 Å². The van der Waals surface area contributed by atoms with Gasteiger partial charge in [0.25, 0.3) is 0 Å². The van der Waals surface area contributed by atoms with Crippen LogP contribution in [0.2, 0.25) is 0 Å². The minimum Gasteiger partial charge on any atom is -0.351 e. The van der Waals surface area contributed by atoms with Crippen LogP contribution in [0.4, 0.5) is 0 Å². The lowest BCUT2D eigenvalue weighted by molar-refractivity contribution is -0.129. The Morgan fingerprint density at radius 1 is 0.711 bits per heavy atom. The van der Waals surface area contributed by atoms with Crippen molar-refractivity contribution in [3.05, 3.63) is 35.4 Å². The molecule has 3 atom stereocenters. The molecule has 3 unspecified atom stereocenters. The Labute approximate surface area is 235 Å². The lowest BCUT2D eigenvalue weighted by Crippen LogP contribution is -2.49. The zero-order chi connectivity index (χ0) is 29.7. The first-order chi connectivity index (χ1) is 17.0. The Bertz CT molecular complexity index is 903. The standard InChI is InChI=1S/C34H60N2O2/c1-23(2)25(4)29(37)35-34(13,14)22-32(9,10)21-28-17-15-27(16-18-28)19-24(3)20-33(11,12)36-30(38)26(5)31(6,7)8/h15-18,23-26H,19-22H2,1-14H3,(H,35,37)(H,36,38). The van der Waals surface area contributed by atoms with Crippen LogP contribution in [-0.2, 0) is 22.4 Å². The molecule has 2 N–H and O–H groups in total. The van der Waals surface area contributed by atoms with Gasteiger partial charge in [0.05, 0.1) is 0 Å². The molecule has 0 heterocycles. The zero-order valence-corrected chi connectivity index (χ0v) is 27.3. The third-order valence-corrected chi connectivity index (χ3v) is 8.10. The number of carbonyl (C=O) groups is 2. The molecule has 0 fully saturated rings. The number of nitrogens with one attached hydrogen (secondary N) is 2. The highest BCUT2D eigenvalue weighted by atomic mass is 16.2. The average molecular weight is 529 g/mol. The Morgan fingerprint density at radius 3 is 1.66 bits per heavy atom. The second-order valence-corrected chi connectivity index (χ2v) is 15.7. The van der Waals surface area contributed by atoms with Gasteiger partial charge in [-0.25, -0.2) is 0 Å². The second-order valence-electron chi connectivity index (χ2n) is 15.7. The Balaban J connectivity index is 2.71. The molecule has 38 heavy (non-hydrogen) atoms. The lowest BCUT2D eigenvalue weighted by atomic mass is 9.75. The maximum atomic E-state index is 12.8. The number of hydrogen-bond donors (Lipinski definition) is 2. The van der Waals surface area contributed by atoms with Crippen molar-refractivity contribution in [1.29, 1.82) is 0 Å². The van der Waals surface area contributed by atoms with E-state index in [0.717, 1.165) is 25.7 Å². The first kappa shape index (κ1) is 34.2. The summed E-state index contributed by atoms with van der Waals surface area (Å²) in [5.41, 5.74) is 2.17. The molecule has 4 heteroatoms. The predicted octanol–water partition coefficient (Wildman–Crippen LogP) is 7.98. The molecular formula is C34H60N2O2. The third-order valence-electron chi connectivity index (χ3n) is 8.10. The molecule has 0 aromatic heterocycles. The van der Waals surface area contributed by atoms with E-state index in [1.54, 1.807) is 0 Å². The van der Waals surface area contributed by atoms with E-state index in [0.29, 0.717) is 11.8 Å². The summed E-state index contributed by atoms with van der Waals surface area (Å²) in [6.07, 6.45) is 3.79. The normalized spacial score (nSPS) is 15.7. The molecule has 0 aliphatic rings. The molecule has 0 aliphatic heterocycles. The van der Waals surface area contributed by atoms with Crippen LogP contribution in [0.1, 0.15) is 121 Å². The van der Waals surface area contributed by atoms with Crippen LogP contribution in [-0.4, -0.2) is 22.9 Å².